The molecular formula is C18H29N3OS. The van der Waals surface area contributed by atoms with E-state index in [4.69, 9.17) is 0 Å². The van der Waals surface area contributed by atoms with Crippen molar-refractivity contribution in [2.24, 2.45) is 0 Å². The van der Waals surface area contributed by atoms with Crippen LogP contribution in [0.2, 0.25) is 0 Å². The summed E-state index contributed by atoms with van der Waals surface area (Å²) in [5.74, 6) is 1.02. The van der Waals surface area contributed by atoms with Crippen molar-refractivity contribution >= 4 is 17.7 Å². The highest BCUT2D eigenvalue weighted by molar-refractivity contribution is 7.99. The van der Waals surface area contributed by atoms with E-state index in [1.165, 1.54) is 5.56 Å². The van der Waals surface area contributed by atoms with Crippen LogP contribution in [-0.4, -0.2) is 66.8 Å². The van der Waals surface area contributed by atoms with Crippen molar-refractivity contribution in [1.29, 1.82) is 0 Å². The predicted octanol–water partition coefficient (Wildman–Crippen LogP) is 2.06. The Labute approximate surface area is 144 Å². The van der Waals surface area contributed by atoms with Gasteiger partial charge in [0.05, 0.1) is 5.25 Å². The van der Waals surface area contributed by atoms with Gasteiger partial charge in [-0.25, -0.2) is 0 Å². The van der Waals surface area contributed by atoms with E-state index in [2.05, 4.69) is 41.2 Å². The highest BCUT2D eigenvalue weighted by Gasteiger charge is 2.20. The molecule has 0 aromatic heterocycles. The van der Waals surface area contributed by atoms with Crippen molar-refractivity contribution in [2.45, 2.75) is 30.9 Å². The number of nitrogens with one attached hydrogen (secondary N) is 1. The topological polar surface area (TPSA) is 35.6 Å². The van der Waals surface area contributed by atoms with Crippen LogP contribution >= 0.6 is 11.8 Å². The van der Waals surface area contributed by atoms with Gasteiger partial charge in [-0.05, 0) is 26.5 Å². The largest absolute Gasteiger partial charge is 0.354 e. The Hall–Kier alpha value is -1.04. The average molecular weight is 336 g/mol. The highest BCUT2D eigenvalue weighted by atomic mass is 32.2. The number of rotatable bonds is 7. The molecule has 0 bridgehead atoms. The molecule has 4 nitrogen and oxygen atoms in total. The molecule has 0 aliphatic carbocycles. The smallest absolute Gasteiger partial charge is 0.232 e. The molecular weight excluding hydrogens is 306 g/mol. The fourth-order valence-corrected chi connectivity index (χ4v) is 3.52. The summed E-state index contributed by atoms with van der Waals surface area (Å²) >= 11 is 1.69. The van der Waals surface area contributed by atoms with Crippen molar-refractivity contribution < 1.29 is 4.79 Å². The van der Waals surface area contributed by atoms with Crippen LogP contribution in [0.15, 0.2) is 30.3 Å². The van der Waals surface area contributed by atoms with Gasteiger partial charge in [0.2, 0.25) is 5.91 Å². The van der Waals surface area contributed by atoms with Crippen molar-refractivity contribution in [1.82, 2.24) is 15.1 Å². The molecule has 2 atom stereocenters. The van der Waals surface area contributed by atoms with Gasteiger partial charge in [0.15, 0.2) is 0 Å². The zero-order valence-electron chi connectivity index (χ0n) is 14.5. The lowest BCUT2D eigenvalue weighted by atomic mass is 10.2. The maximum Gasteiger partial charge on any atom is 0.232 e. The molecule has 1 aromatic rings. The maximum absolute atomic E-state index is 12.2. The summed E-state index contributed by atoms with van der Waals surface area (Å²) in [6.07, 6.45) is 0. The first kappa shape index (κ1) is 18.3. The number of nitrogens with zero attached hydrogens (tertiary/aromatic N) is 2. The fraction of sp³-hybridized carbons (Fsp3) is 0.611. The summed E-state index contributed by atoms with van der Waals surface area (Å²) in [5.41, 5.74) is 1.27. The summed E-state index contributed by atoms with van der Waals surface area (Å²) in [7, 11) is 2.16. The van der Waals surface area contributed by atoms with E-state index >= 15 is 0 Å². The molecule has 1 fully saturated rings. The lowest BCUT2D eigenvalue weighted by molar-refractivity contribution is -0.120. The van der Waals surface area contributed by atoms with E-state index in [0.717, 1.165) is 38.5 Å². The van der Waals surface area contributed by atoms with Crippen molar-refractivity contribution in [3.8, 4) is 0 Å². The summed E-state index contributed by atoms with van der Waals surface area (Å²) in [6, 6.07) is 10.7. The summed E-state index contributed by atoms with van der Waals surface area (Å²) in [6.45, 7) is 9.33. The van der Waals surface area contributed by atoms with Crippen LogP contribution in [0, 0.1) is 0 Å². The quantitative estimate of drug-likeness (QED) is 0.827. The van der Waals surface area contributed by atoms with Gasteiger partial charge in [0, 0.05) is 44.5 Å². The first-order valence-corrected chi connectivity index (χ1v) is 9.47. The Kier molecular flexibility index (Phi) is 7.40. The lowest BCUT2D eigenvalue weighted by Crippen LogP contribution is -2.51. The number of amides is 1. The minimum atomic E-state index is -0.0186. The molecule has 1 aromatic carbocycles. The highest BCUT2D eigenvalue weighted by Crippen LogP contribution is 2.17. The van der Waals surface area contributed by atoms with E-state index in [1.807, 2.05) is 25.1 Å². The third-order valence-corrected chi connectivity index (χ3v) is 5.66. The number of piperazine rings is 1. The Bertz CT molecular complexity index is 474. The van der Waals surface area contributed by atoms with E-state index < -0.39 is 0 Å². The second-order valence-electron chi connectivity index (χ2n) is 6.37. The lowest BCUT2D eigenvalue weighted by Gasteiger charge is -2.36. The summed E-state index contributed by atoms with van der Waals surface area (Å²) in [4.78, 5) is 17.1. The maximum atomic E-state index is 12.2. The van der Waals surface area contributed by atoms with Crippen molar-refractivity contribution in [2.75, 3.05) is 39.8 Å². The Morgan fingerprint density at radius 2 is 1.83 bits per heavy atom. The fourth-order valence-electron chi connectivity index (χ4n) is 2.65. The molecule has 1 N–H and O–H groups in total. The number of likely N-dealkylation sites (N-methyl/N-ethyl adjacent to an activating group) is 1. The molecule has 1 heterocycles. The van der Waals surface area contributed by atoms with E-state index in [1.54, 1.807) is 11.8 Å². The second-order valence-corrected chi connectivity index (χ2v) is 7.70. The Balaban J connectivity index is 1.67. The van der Waals surface area contributed by atoms with Crippen LogP contribution in [0.25, 0.3) is 0 Å². The number of hydrogen-bond acceptors (Lipinski definition) is 4. The summed E-state index contributed by atoms with van der Waals surface area (Å²) < 4.78 is 0. The zero-order valence-corrected chi connectivity index (χ0v) is 15.3. The minimum Gasteiger partial charge on any atom is -0.354 e. The molecule has 2 rings (SSSR count). The predicted molar refractivity (Wildman–Crippen MR) is 98.7 cm³/mol. The van der Waals surface area contributed by atoms with Gasteiger partial charge < -0.3 is 10.2 Å². The molecule has 2 unspecified atom stereocenters. The monoisotopic (exact) mass is 335 g/mol. The van der Waals surface area contributed by atoms with Gasteiger partial charge in [0.25, 0.3) is 0 Å². The van der Waals surface area contributed by atoms with Crippen LogP contribution < -0.4 is 5.32 Å². The second kappa shape index (κ2) is 9.30. The number of thioether (sulfide) groups is 1. The molecule has 1 aliphatic rings. The van der Waals surface area contributed by atoms with Crippen molar-refractivity contribution in [3.05, 3.63) is 35.9 Å². The van der Waals surface area contributed by atoms with Gasteiger partial charge >= 0.3 is 0 Å². The SMILES string of the molecule is CC(SCc1ccccc1)C(=O)NCC(C)N1CCN(C)CC1. The molecule has 1 saturated heterocycles. The Morgan fingerprint density at radius 3 is 2.48 bits per heavy atom. The van der Waals surface area contributed by atoms with Gasteiger partial charge in [-0.3, -0.25) is 9.69 Å². The molecule has 128 valence electrons. The molecule has 0 radical (unpaired) electrons. The van der Waals surface area contributed by atoms with E-state index in [9.17, 15) is 4.79 Å². The normalized spacial score (nSPS) is 19.3. The molecule has 23 heavy (non-hydrogen) atoms. The first-order chi connectivity index (χ1) is 11.1. The third kappa shape index (κ3) is 6.16. The molecule has 1 aliphatic heterocycles. The van der Waals surface area contributed by atoms with E-state index in [0.29, 0.717) is 6.04 Å². The Morgan fingerprint density at radius 1 is 1.17 bits per heavy atom. The van der Waals surface area contributed by atoms with Crippen LogP contribution in [0.3, 0.4) is 0 Å². The number of hydrogen-bond donors (Lipinski definition) is 1. The van der Waals surface area contributed by atoms with Gasteiger partial charge in [-0.2, -0.15) is 0 Å². The molecule has 0 spiro atoms. The van der Waals surface area contributed by atoms with Crippen molar-refractivity contribution in [3.63, 3.8) is 0 Å². The zero-order chi connectivity index (χ0) is 16.7. The van der Waals surface area contributed by atoms with Gasteiger partial charge in [0.1, 0.15) is 0 Å². The minimum absolute atomic E-state index is 0.0186. The standard InChI is InChI=1S/C18H29N3OS/c1-15(21-11-9-20(3)10-12-21)13-19-18(22)16(2)23-14-17-7-5-4-6-8-17/h4-8,15-16H,9-14H2,1-3H3,(H,19,22). The molecule has 0 saturated carbocycles. The molecule has 1 amide bonds. The summed E-state index contributed by atoms with van der Waals surface area (Å²) in [5, 5.41) is 3.09. The number of carbonyl (C=O) groups excluding carboxylic acids is 1. The third-order valence-electron chi connectivity index (χ3n) is 4.44. The average Bonchev–Trinajstić information content (AvgIpc) is 2.58. The van der Waals surface area contributed by atoms with Crippen LogP contribution in [-0.2, 0) is 10.5 Å². The molecule has 5 heteroatoms. The van der Waals surface area contributed by atoms with Crippen LogP contribution in [0.4, 0.5) is 0 Å². The van der Waals surface area contributed by atoms with Gasteiger partial charge in [-0.15, -0.1) is 11.8 Å². The first-order valence-electron chi connectivity index (χ1n) is 8.42. The van der Waals surface area contributed by atoms with Gasteiger partial charge in [-0.1, -0.05) is 30.3 Å². The van der Waals surface area contributed by atoms with Crippen LogP contribution in [0.1, 0.15) is 19.4 Å². The van der Waals surface area contributed by atoms with Crippen LogP contribution in [0.5, 0.6) is 0 Å². The number of benzene rings is 1. The number of carbonyl (C=O) groups is 1. The van der Waals surface area contributed by atoms with E-state index in [-0.39, 0.29) is 11.2 Å².